The lowest BCUT2D eigenvalue weighted by Crippen LogP contribution is -2.61. The van der Waals surface area contributed by atoms with E-state index >= 15 is 0 Å². The number of rotatable bonds is 13. The lowest BCUT2D eigenvalue weighted by Gasteiger charge is -2.45. The summed E-state index contributed by atoms with van der Waals surface area (Å²) in [6.07, 6.45) is 0. The van der Waals surface area contributed by atoms with E-state index in [1.807, 2.05) is 0 Å². The van der Waals surface area contributed by atoms with Crippen LogP contribution in [-0.4, -0.2) is 13.8 Å². The Bertz CT molecular complexity index is 5030. The van der Waals surface area contributed by atoms with Crippen molar-refractivity contribution in [2.75, 3.05) is 21.7 Å². The van der Waals surface area contributed by atoms with Gasteiger partial charge in [0.25, 0.3) is 6.71 Å². The molecule has 0 atom stereocenters. The fourth-order valence-electron chi connectivity index (χ4n) is 14.6. The standard InChI is InChI=1S/C91H64BN3/c1-93(88-60-73(66-30-14-5-15-31-66)52-55-83(88)72-50-44-69(45-51-72)65-28-12-4-13-29-65)78-61-89-91-90(62-78)95(77-34-18-7-19-35-77)87-57-54-75(82-39-23-21-37-80(82)71-48-42-68(43-49-71)64-26-10-3-11-27-64)59-85(87)92(91)84-58-74(53-56-86(84)94(89)76-32-16-6-17-33-76)81-38-22-20-36-79(81)70-46-40-67(41-47-70)63-24-8-2-9-25-63/h2-62H,1H3. The van der Waals surface area contributed by atoms with Crippen LogP contribution in [-0.2, 0) is 0 Å². The van der Waals surface area contributed by atoms with Crippen LogP contribution in [0.4, 0.5) is 45.5 Å². The third-order valence-corrected chi connectivity index (χ3v) is 19.3. The van der Waals surface area contributed by atoms with Crippen molar-refractivity contribution in [1.82, 2.24) is 0 Å². The van der Waals surface area contributed by atoms with Crippen LogP contribution in [0.2, 0.25) is 0 Å². The number of benzene rings is 15. The molecule has 4 heteroatoms. The van der Waals surface area contributed by atoms with E-state index in [0.29, 0.717) is 0 Å². The highest BCUT2D eigenvalue weighted by molar-refractivity contribution is 7.00. The van der Waals surface area contributed by atoms with Crippen molar-refractivity contribution >= 4 is 68.6 Å². The highest BCUT2D eigenvalue weighted by Crippen LogP contribution is 2.49. The summed E-state index contributed by atoms with van der Waals surface area (Å²) in [5, 5.41) is 0. The molecular weight excluding hydrogens is 1150 g/mol. The SMILES string of the molecule is CN(c1cc2c3c(c1)N(c1ccccc1)c1ccc(-c4ccccc4-c4ccc(-c5ccccc5)cc4)cc1B3c1cc(-c3ccccc3-c3ccc(-c4ccccc4)cc3)ccc1N2c1ccccc1)c1cc(-c2ccccc2)ccc1-c1ccc(-c2ccccc2)cc1. The normalized spacial score (nSPS) is 12.0. The Morgan fingerprint density at radius 2 is 0.505 bits per heavy atom. The van der Waals surface area contributed by atoms with Gasteiger partial charge in [0, 0.05) is 58.1 Å². The quantitative estimate of drug-likeness (QED) is 0.107. The second kappa shape index (κ2) is 24.4. The van der Waals surface area contributed by atoms with Crippen LogP contribution in [0.1, 0.15) is 0 Å². The zero-order chi connectivity index (χ0) is 63.2. The topological polar surface area (TPSA) is 9.72 Å². The highest BCUT2D eigenvalue weighted by atomic mass is 15.2. The van der Waals surface area contributed by atoms with Gasteiger partial charge in [0.2, 0.25) is 0 Å². The van der Waals surface area contributed by atoms with E-state index in [0.717, 1.165) is 73.3 Å². The summed E-state index contributed by atoms with van der Waals surface area (Å²) in [6.45, 7) is -0.195. The fraction of sp³-hybridized carbons (Fsp3) is 0.0110. The van der Waals surface area contributed by atoms with Crippen LogP contribution >= 0.6 is 0 Å². The second-order valence-corrected chi connectivity index (χ2v) is 24.8. The molecule has 2 aliphatic heterocycles. The molecule has 15 aromatic carbocycles. The van der Waals surface area contributed by atoms with E-state index in [1.54, 1.807) is 0 Å². The molecule has 0 saturated carbocycles. The van der Waals surface area contributed by atoms with Gasteiger partial charge in [-0.1, -0.05) is 315 Å². The molecule has 0 aromatic heterocycles. The predicted octanol–water partition coefficient (Wildman–Crippen LogP) is 22.5. The minimum Gasteiger partial charge on any atom is -0.344 e. The Labute approximate surface area is 557 Å². The molecule has 0 fully saturated rings. The molecule has 0 saturated heterocycles. The summed E-state index contributed by atoms with van der Waals surface area (Å²) >= 11 is 0. The number of fused-ring (bicyclic) bond motifs is 4. The number of hydrogen-bond donors (Lipinski definition) is 0. The van der Waals surface area contributed by atoms with Gasteiger partial charge in [-0.25, -0.2) is 0 Å². The Balaban J connectivity index is 0.890. The van der Waals surface area contributed by atoms with E-state index in [9.17, 15) is 0 Å². The van der Waals surface area contributed by atoms with Crippen molar-refractivity contribution in [3.8, 4) is 100 Å². The fourth-order valence-corrected chi connectivity index (χ4v) is 14.6. The average molecular weight is 1210 g/mol. The molecule has 15 aromatic rings. The Morgan fingerprint density at radius 1 is 0.221 bits per heavy atom. The van der Waals surface area contributed by atoms with Gasteiger partial charge in [0.1, 0.15) is 0 Å². The Hall–Kier alpha value is -12.2. The molecule has 0 spiro atoms. The smallest absolute Gasteiger partial charge is 0.252 e. The zero-order valence-electron chi connectivity index (χ0n) is 52.6. The molecule has 95 heavy (non-hydrogen) atoms. The molecule has 2 aliphatic rings. The first-order chi connectivity index (χ1) is 47.0. The molecule has 0 radical (unpaired) electrons. The van der Waals surface area contributed by atoms with Gasteiger partial charge in [-0.05, 0) is 166 Å². The Kier molecular flexibility index (Phi) is 14.6. The van der Waals surface area contributed by atoms with Crippen molar-refractivity contribution in [2.45, 2.75) is 0 Å². The van der Waals surface area contributed by atoms with Gasteiger partial charge in [-0.15, -0.1) is 0 Å². The number of para-hydroxylation sites is 2. The summed E-state index contributed by atoms with van der Waals surface area (Å²) in [4.78, 5) is 7.50. The summed E-state index contributed by atoms with van der Waals surface area (Å²) in [7, 11) is 2.25. The van der Waals surface area contributed by atoms with Crippen LogP contribution in [0.5, 0.6) is 0 Å². The van der Waals surface area contributed by atoms with E-state index in [4.69, 9.17) is 0 Å². The molecule has 0 aliphatic carbocycles. The van der Waals surface area contributed by atoms with Crippen molar-refractivity contribution < 1.29 is 0 Å². The van der Waals surface area contributed by atoms with Crippen LogP contribution in [0.25, 0.3) is 100 Å². The first-order valence-electron chi connectivity index (χ1n) is 32.8. The maximum absolute atomic E-state index is 2.54. The molecule has 0 amide bonds. The third-order valence-electron chi connectivity index (χ3n) is 19.3. The van der Waals surface area contributed by atoms with Crippen LogP contribution in [0.3, 0.4) is 0 Å². The molecule has 0 N–H and O–H groups in total. The number of hydrogen-bond acceptors (Lipinski definition) is 3. The lowest BCUT2D eigenvalue weighted by atomic mass is 9.33. The minimum absolute atomic E-state index is 0.195. The predicted molar refractivity (Wildman–Crippen MR) is 404 cm³/mol. The summed E-state index contributed by atoms with van der Waals surface area (Å²) < 4.78 is 0. The molecule has 0 unspecified atom stereocenters. The monoisotopic (exact) mass is 1210 g/mol. The Morgan fingerprint density at radius 3 is 0.884 bits per heavy atom. The molecule has 3 nitrogen and oxygen atoms in total. The number of anilines is 8. The second-order valence-electron chi connectivity index (χ2n) is 24.8. The van der Waals surface area contributed by atoms with Crippen LogP contribution in [0.15, 0.2) is 370 Å². The molecule has 0 bridgehead atoms. The van der Waals surface area contributed by atoms with Gasteiger partial charge < -0.3 is 14.7 Å². The van der Waals surface area contributed by atoms with E-state index < -0.39 is 0 Å². The van der Waals surface area contributed by atoms with Crippen LogP contribution < -0.4 is 31.1 Å². The van der Waals surface area contributed by atoms with Crippen LogP contribution in [0, 0.1) is 0 Å². The summed E-state index contributed by atoms with van der Waals surface area (Å²) in [5.74, 6) is 0. The molecule has 446 valence electrons. The van der Waals surface area contributed by atoms with Gasteiger partial charge in [-0.3, -0.25) is 0 Å². The first kappa shape index (κ1) is 56.7. The van der Waals surface area contributed by atoms with E-state index in [-0.39, 0.29) is 6.71 Å². The van der Waals surface area contributed by atoms with Crippen molar-refractivity contribution in [1.29, 1.82) is 0 Å². The maximum atomic E-state index is 2.54. The lowest BCUT2D eigenvalue weighted by molar-refractivity contribution is 1.19. The average Bonchev–Trinajstić information content (AvgIpc) is 0.697. The number of nitrogens with zero attached hydrogens (tertiary/aromatic N) is 3. The molecule has 2 heterocycles. The van der Waals surface area contributed by atoms with Crippen molar-refractivity contribution in [2.24, 2.45) is 0 Å². The third kappa shape index (κ3) is 10.5. The van der Waals surface area contributed by atoms with Gasteiger partial charge in [0.05, 0.1) is 0 Å². The van der Waals surface area contributed by atoms with Gasteiger partial charge in [0.15, 0.2) is 0 Å². The van der Waals surface area contributed by atoms with E-state index in [1.165, 1.54) is 88.7 Å². The zero-order valence-corrected chi connectivity index (χ0v) is 52.6. The molecule has 17 rings (SSSR count). The summed E-state index contributed by atoms with van der Waals surface area (Å²) in [6, 6.07) is 136. The van der Waals surface area contributed by atoms with Crippen molar-refractivity contribution in [3.63, 3.8) is 0 Å². The van der Waals surface area contributed by atoms with Gasteiger partial charge in [-0.2, -0.15) is 0 Å². The highest BCUT2D eigenvalue weighted by Gasteiger charge is 2.44. The largest absolute Gasteiger partial charge is 0.344 e. The first-order valence-corrected chi connectivity index (χ1v) is 32.8. The van der Waals surface area contributed by atoms with E-state index in [2.05, 4.69) is 392 Å². The molecular formula is C91H64BN3. The van der Waals surface area contributed by atoms with Gasteiger partial charge >= 0.3 is 0 Å². The van der Waals surface area contributed by atoms with Crippen molar-refractivity contribution in [3.05, 3.63) is 370 Å². The maximum Gasteiger partial charge on any atom is 0.252 e. The summed E-state index contributed by atoms with van der Waals surface area (Å²) in [5.41, 5.74) is 33.8. The minimum atomic E-state index is -0.195.